The minimum Gasteiger partial charge on any atom is -0.469 e. The number of nitrogen functional groups attached to an aromatic ring is 1. The van der Waals surface area contributed by atoms with E-state index >= 15 is 0 Å². The van der Waals surface area contributed by atoms with E-state index in [-0.39, 0.29) is 11.4 Å². The predicted molar refractivity (Wildman–Crippen MR) is 65.5 cm³/mol. The van der Waals surface area contributed by atoms with E-state index in [0.29, 0.717) is 12.1 Å². The number of carbonyl (C=O) groups excluding carboxylic acids is 1. The summed E-state index contributed by atoms with van der Waals surface area (Å²) < 4.78 is 4.82. The summed E-state index contributed by atoms with van der Waals surface area (Å²) in [5, 5.41) is 0. The molecule has 4 heteroatoms. The molecular formula is C12H15NO2S. The second-order valence-corrected chi connectivity index (χ2v) is 4.82. The molecule has 0 aromatic heterocycles. The number of carbonyl (C=O) groups is 1. The average Bonchev–Trinajstić information content (AvgIpc) is 3.03. The van der Waals surface area contributed by atoms with Crippen LogP contribution in [0.15, 0.2) is 23.1 Å². The maximum absolute atomic E-state index is 11.6. The first-order valence-corrected chi connectivity index (χ1v) is 5.68. The Bertz CT molecular complexity index is 427. The molecule has 3 nitrogen and oxygen atoms in total. The first kappa shape index (κ1) is 11.3. The van der Waals surface area contributed by atoms with E-state index in [4.69, 9.17) is 10.5 Å². The summed E-state index contributed by atoms with van der Waals surface area (Å²) in [5.74, 6) is -0.106. The van der Waals surface area contributed by atoms with Crippen LogP contribution in [0.4, 0.5) is 5.69 Å². The highest BCUT2D eigenvalue weighted by Crippen LogP contribution is 2.49. The van der Waals surface area contributed by atoms with Gasteiger partial charge >= 0.3 is 5.97 Å². The first-order chi connectivity index (χ1) is 7.57. The maximum atomic E-state index is 11.6. The Kier molecular flexibility index (Phi) is 2.84. The van der Waals surface area contributed by atoms with Crippen molar-refractivity contribution in [3.8, 4) is 0 Å². The van der Waals surface area contributed by atoms with Crippen LogP contribution in [0.2, 0.25) is 0 Å². The normalized spacial score (nSPS) is 16.9. The summed E-state index contributed by atoms with van der Waals surface area (Å²) in [7, 11) is 1.44. The average molecular weight is 237 g/mol. The number of nitrogens with two attached hydrogens (primary N) is 1. The van der Waals surface area contributed by atoms with Gasteiger partial charge in [-0.25, -0.2) is 0 Å². The molecular weight excluding hydrogens is 222 g/mol. The molecule has 0 bridgehead atoms. The Hall–Kier alpha value is -1.16. The lowest BCUT2D eigenvalue weighted by Crippen LogP contribution is -2.20. The molecule has 0 spiro atoms. The molecule has 86 valence electrons. The largest absolute Gasteiger partial charge is 0.469 e. The Balaban J connectivity index is 2.15. The van der Waals surface area contributed by atoms with Crippen LogP contribution in [-0.4, -0.2) is 13.1 Å². The number of ether oxygens (including phenoxy) is 1. The Morgan fingerprint density at radius 2 is 2.25 bits per heavy atom. The van der Waals surface area contributed by atoms with Gasteiger partial charge in [0.1, 0.15) is 0 Å². The van der Waals surface area contributed by atoms with Crippen LogP contribution in [0.25, 0.3) is 0 Å². The van der Waals surface area contributed by atoms with E-state index in [1.165, 1.54) is 7.11 Å². The fraction of sp³-hybridized carbons (Fsp3) is 0.417. The van der Waals surface area contributed by atoms with Gasteiger partial charge in [0.05, 0.1) is 12.5 Å². The highest BCUT2D eigenvalue weighted by atomic mass is 32.1. The predicted octanol–water partition coefficient (Wildman–Crippen LogP) is 2.05. The Morgan fingerprint density at radius 1 is 1.56 bits per heavy atom. The van der Waals surface area contributed by atoms with Gasteiger partial charge in [-0.3, -0.25) is 4.79 Å². The molecule has 0 unspecified atom stereocenters. The van der Waals surface area contributed by atoms with Gasteiger partial charge in [-0.1, -0.05) is 6.07 Å². The van der Waals surface area contributed by atoms with Crippen molar-refractivity contribution in [1.82, 2.24) is 0 Å². The van der Waals surface area contributed by atoms with Gasteiger partial charge in [-0.05, 0) is 37.0 Å². The van der Waals surface area contributed by atoms with Gasteiger partial charge in [0, 0.05) is 10.6 Å². The maximum Gasteiger partial charge on any atom is 0.312 e. The summed E-state index contributed by atoms with van der Waals surface area (Å²) in [6.07, 6.45) is 2.53. The number of anilines is 1. The van der Waals surface area contributed by atoms with Crippen LogP contribution < -0.4 is 5.73 Å². The topological polar surface area (TPSA) is 52.3 Å². The first-order valence-electron chi connectivity index (χ1n) is 5.23. The second-order valence-electron chi connectivity index (χ2n) is 4.34. The molecule has 0 aliphatic heterocycles. The zero-order valence-corrected chi connectivity index (χ0v) is 10.1. The van der Waals surface area contributed by atoms with Crippen molar-refractivity contribution in [2.75, 3.05) is 12.8 Å². The quantitative estimate of drug-likeness (QED) is 0.480. The molecule has 0 saturated heterocycles. The number of hydrogen-bond donors (Lipinski definition) is 2. The summed E-state index contributed by atoms with van der Waals surface area (Å²) >= 11 is 4.27. The minimum atomic E-state index is -0.287. The Morgan fingerprint density at radius 3 is 2.75 bits per heavy atom. The van der Waals surface area contributed by atoms with Gasteiger partial charge in [0.25, 0.3) is 0 Å². The molecule has 1 aromatic carbocycles. The molecule has 1 aliphatic rings. The summed E-state index contributed by atoms with van der Waals surface area (Å²) in [6.45, 7) is 0. The number of benzene rings is 1. The Labute approximate surface area is 100 Å². The van der Waals surface area contributed by atoms with Gasteiger partial charge in [-0.2, -0.15) is 0 Å². The number of thiol groups is 1. The SMILES string of the molecule is COC(=O)C1(Cc2ccc(N)c(S)c2)CC1. The third-order valence-corrected chi connectivity index (χ3v) is 3.50. The number of esters is 1. The highest BCUT2D eigenvalue weighted by molar-refractivity contribution is 7.80. The molecule has 0 radical (unpaired) electrons. The fourth-order valence-corrected chi connectivity index (χ4v) is 2.15. The van der Waals surface area contributed by atoms with E-state index in [9.17, 15) is 4.79 Å². The smallest absolute Gasteiger partial charge is 0.312 e. The standard InChI is InChI=1S/C12H15NO2S/c1-15-11(14)12(4-5-12)7-8-2-3-9(13)10(16)6-8/h2-3,6,16H,4-5,7,13H2,1H3. The second kappa shape index (κ2) is 4.01. The zero-order valence-electron chi connectivity index (χ0n) is 9.19. The number of hydrogen-bond acceptors (Lipinski definition) is 4. The van der Waals surface area contributed by atoms with E-state index < -0.39 is 0 Å². The highest BCUT2D eigenvalue weighted by Gasteiger charge is 2.50. The molecule has 16 heavy (non-hydrogen) atoms. The minimum absolute atomic E-state index is 0.106. The van der Waals surface area contributed by atoms with E-state index in [1.807, 2.05) is 18.2 Å². The van der Waals surface area contributed by atoms with Crippen molar-refractivity contribution in [3.05, 3.63) is 23.8 Å². The van der Waals surface area contributed by atoms with Crippen LogP contribution in [-0.2, 0) is 16.0 Å². The van der Waals surface area contributed by atoms with Crippen LogP contribution in [0.3, 0.4) is 0 Å². The fourth-order valence-electron chi connectivity index (χ4n) is 1.91. The van der Waals surface area contributed by atoms with Crippen molar-refractivity contribution < 1.29 is 9.53 Å². The molecule has 2 N–H and O–H groups in total. The van der Waals surface area contributed by atoms with Crippen LogP contribution in [0.1, 0.15) is 18.4 Å². The number of rotatable bonds is 3. The molecule has 0 atom stereocenters. The molecule has 1 aromatic rings. The zero-order chi connectivity index (χ0) is 11.8. The molecule has 1 saturated carbocycles. The van der Waals surface area contributed by atoms with Gasteiger partial charge in [-0.15, -0.1) is 12.6 Å². The van der Waals surface area contributed by atoms with Gasteiger partial charge in [0.2, 0.25) is 0 Å². The monoisotopic (exact) mass is 237 g/mol. The van der Waals surface area contributed by atoms with E-state index in [0.717, 1.165) is 23.3 Å². The lowest BCUT2D eigenvalue weighted by Gasteiger charge is -2.13. The third-order valence-electron chi connectivity index (χ3n) is 3.11. The number of methoxy groups -OCH3 is 1. The van der Waals surface area contributed by atoms with Crippen molar-refractivity contribution in [2.24, 2.45) is 5.41 Å². The van der Waals surface area contributed by atoms with Gasteiger partial charge < -0.3 is 10.5 Å². The molecule has 0 amide bonds. The van der Waals surface area contributed by atoms with Crippen molar-refractivity contribution in [2.45, 2.75) is 24.2 Å². The summed E-state index contributed by atoms with van der Waals surface area (Å²) in [6, 6.07) is 5.69. The van der Waals surface area contributed by atoms with E-state index in [1.54, 1.807) is 0 Å². The van der Waals surface area contributed by atoms with Crippen molar-refractivity contribution in [3.63, 3.8) is 0 Å². The third kappa shape index (κ3) is 2.02. The summed E-state index contributed by atoms with van der Waals surface area (Å²) in [5.41, 5.74) is 7.15. The van der Waals surface area contributed by atoms with Crippen LogP contribution in [0.5, 0.6) is 0 Å². The summed E-state index contributed by atoms with van der Waals surface area (Å²) in [4.78, 5) is 12.3. The molecule has 1 aliphatic carbocycles. The van der Waals surface area contributed by atoms with Crippen LogP contribution in [0, 0.1) is 5.41 Å². The lowest BCUT2D eigenvalue weighted by atomic mass is 9.96. The molecule has 2 rings (SSSR count). The van der Waals surface area contributed by atoms with E-state index in [2.05, 4.69) is 12.6 Å². The van der Waals surface area contributed by atoms with Crippen molar-refractivity contribution in [1.29, 1.82) is 0 Å². The molecule has 1 fully saturated rings. The van der Waals surface area contributed by atoms with Crippen LogP contribution >= 0.6 is 12.6 Å². The van der Waals surface area contributed by atoms with Crippen molar-refractivity contribution >= 4 is 24.3 Å². The molecule has 0 heterocycles. The lowest BCUT2D eigenvalue weighted by molar-refractivity contribution is -0.147. The van der Waals surface area contributed by atoms with Gasteiger partial charge in [0.15, 0.2) is 0 Å².